The average Bonchev–Trinajstić information content (AvgIpc) is 3.00. The van der Waals surface area contributed by atoms with E-state index in [2.05, 4.69) is 34.1 Å². The van der Waals surface area contributed by atoms with Crippen LogP contribution in [-0.2, 0) is 23.1 Å². The van der Waals surface area contributed by atoms with Gasteiger partial charge < -0.3 is 10.1 Å². The number of carbonyl (C=O) groups excluding carboxylic acids is 1. The lowest BCUT2D eigenvalue weighted by atomic mass is 10.0. The zero-order valence-corrected chi connectivity index (χ0v) is 15.5. The van der Waals surface area contributed by atoms with Crippen molar-refractivity contribution < 1.29 is 9.53 Å². The molecule has 1 unspecified atom stereocenters. The van der Waals surface area contributed by atoms with Crippen molar-refractivity contribution in [3.63, 3.8) is 0 Å². The molecule has 0 bridgehead atoms. The highest BCUT2D eigenvalue weighted by Gasteiger charge is 2.24. The van der Waals surface area contributed by atoms with E-state index in [1.807, 2.05) is 0 Å². The molecule has 9 heteroatoms. The summed E-state index contributed by atoms with van der Waals surface area (Å²) in [4.78, 5) is 31.4. The number of nitrogens with one attached hydrogen (secondary N) is 1. The average molecular weight is 362 g/mol. The van der Waals surface area contributed by atoms with Crippen LogP contribution in [0.5, 0.6) is 0 Å². The standard InChI is InChI=1S/C17H26N6O3/c1-12(2)14(22-4-6-26-7-5-22)9-18-15(24)10-23-11-19-16-13(17(23)25)8-20-21(16)3/h8,11-12,14H,4-7,9-10H2,1-3H3,(H,18,24). The van der Waals surface area contributed by atoms with Crippen molar-refractivity contribution >= 4 is 16.9 Å². The molecule has 0 spiro atoms. The number of hydrogen-bond acceptors (Lipinski definition) is 6. The van der Waals surface area contributed by atoms with E-state index in [0.29, 0.717) is 23.5 Å². The topological polar surface area (TPSA) is 94.3 Å². The number of carbonyl (C=O) groups is 1. The lowest BCUT2D eigenvalue weighted by Crippen LogP contribution is -2.51. The predicted octanol–water partition coefficient (Wildman–Crippen LogP) is -0.397. The fourth-order valence-electron chi connectivity index (χ4n) is 3.30. The Balaban J connectivity index is 1.63. The molecule has 3 heterocycles. The Kier molecular flexibility index (Phi) is 5.67. The van der Waals surface area contributed by atoms with Crippen LogP contribution in [0.1, 0.15) is 13.8 Å². The quantitative estimate of drug-likeness (QED) is 0.752. The van der Waals surface area contributed by atoms with Gasteiger partial charge in [0.25, 0.3) is 5.56 Å². The number of aryl methyl sites for hydroxylation is 1. The van der Waals surface area contributed by atoms with Crippen LogP contribution in [0.4, 0.5) is 0 Å². The van der Waals surface area contributed by atoms with Gasteiger partial charge in [-0.25, -0.2) is 4.98 Å². The highest BCUT2D eigenvalue weighted by molar-refractivity contribution is 5.77. The highest BCUT2D eigenvalue weighted by Crippen LogP contribution is 2.12. The molecule has 0 saturated carbocycles. The summed E-state index contributed by atoms with van der Waals surface area (Å²) >= 11 is 0. The molecule has 1 aliphatic heterocycles. The number of amides is 1. The predicted molar refractivity (Wildman–Crippen MR) is 96.8 cm³/mol. The van der Waals surface area contributed by atoms with Gasteiger partial charge in [-0.15, -0.1) is 0 Å². The van der Waals surface area contributed by atoms with Gasteiger partial charge in [-0.2, -0.15) is 5.10 Å². The number of fused-ring (bicyclic) bond motifs is 1. The Morgan fingerprint density at radius 3 is 2.77 bits per heavy atom. The van der Waals surface area contributed by atoms with Crippen LogP contribution >= 0.6 is 0 Å². The minimum Gasteiger partial charge on any atom is -0.379 e. The minimum atomic E-state index is -0.258. The van der Waals surface area contributed by atoms with E-state index in [-0.39, 0.29) is 24.1 Å². The lowest BCUT2D eigenvalue weighted by molar-refractivity contribution is -0.122. The van der Waals surface area contributed by atoms with Gasteiger partial charge in [0.05, 0.1) is 19.4 Å². The number of nitrogens with zero attached hydrogens (tertiary/aromatic N) is 5. The summed E-state index contributed by atoms with van der Waals surface area (Å²) in [5.74, 6) is 0.209. The SMILES string of the molecule is CC(C)C(CNC(=O)Cn1cnc2c(cnn2C)c1=O)N1CCOCC1. The van der Waals surface area contributed by atoms with Gasteiger partial charge in [-0.3, -0.25) is 23.7 Å². The molecule has 0 radical (unpaired) electrons. The first kappa shape index (κ1) is 18.5. The van der Waals surface area contributed by atoms with E-state index in [9.17, 15) is 9.59 Å². The van der Waals surface area contributed by atoms with Crippen molar-refractivity contribution in [2.24, 2.45) is 13.0 Å². The number of hydrogen-bond donors (Lipinski definition) is 1. The monoisotopic (exact) mass is 362 g/mol. The molecule has 26 heavy (non-hydrogen) atoms. The van der Waals surface area contributed by atoms with Crippen LogP contribution in [0.15, 0.2) is 17.3 Å². The van der Waals surface area contributed by atoms with Crippen molar-refractivity contribution in [2.45, 2.75) is 26.4 Å². The second-order valence-electron chi connectivity index (χ2n) is 6.95. The summed E-state index contributed by atoms with van der Waals surface area (Å²) in [5, 5.41) is 7.41. The van der Waals surface area contributed by atoms with E-state index in [0.717, 1.165) is 26.3 Å². The fraction of sp³-hybridized carbons (Fsp3) is 0.647. The van der Waals surface area contributed by atoms with Crippen LogP contribution in [0, 0.1) is 5.92 Å². The second-order valence-corrected chi connectivity index (χ2v) is 6.95. The Morgan fingerprint density at radius 2 is 2.08 bits per heavy atom. The maximum absolute atomic E-state index is 12.4. The molecule has 2 aromatic heterocycles. The van der Waals surface area contributed by atoms with Crippen LogP contribution in [0.2, 0.25) is 0 Å². The van der Waals surface area contributed by atoms with E-state index in [4.69, 9.17) is 4.74 Å². The lowest BCUT2D eigenvalue weighted by Gasteiger charge is -2.36. The second kappa shape index (κ2) is 7.96. The summed E-state index contributed by atoms with van der Waals surface area (Å²) in [6, 6.07) is 0.249. The third kappa shape index (κ3) is 3.94. The number of rotatable bonds is 6. The van der Waals surface area contributed by atoms with Crippen LogP contribution < -0.4 is 10.9 Å². The van der Waals surface area contributed by atoms with Crippen molar-refractivity contribution in [2.75, 3.05) is 32.8 Å². The van der Waals surface area contributed by atoms with Crippen LogP contribution in [0.3, 0.4) is 0 Å². The first-order valence-electron chi connectivity index (χ1n) is 8.93. The molecule has 142 valence electrons. The highest BCUT2D eigenvalue weighted by atomic mass is 16.5. The summed E-state index contributed by atoms with van der Waals surface area (Å²) in [6.07, 6.45) is 2.88. The molecule has 2 aromatic rings. The van der Waals surface area contributed by atoms with Crippen LogP contribution in [0.25, 0.3) is 11.0 Å². The Bertz CT molecular complexity index is 822. The van der Waals surface area contributed by atoms with Gasteiger partial charge in [-0.05, 0) is 5.92 Å². The molecule has 3 rings (SSSR count). The first-order chi connectivity index (χ1) is 12.5. The van der Waals surface area contributed by atoms with E-state index in [1.54, 1.807) is 7.05 Å². The van der Waals surface area contributed by atoms with Crippen molar-refractivity contribution in [1.82, 2.24) is 29.5 Å². The summed E-state index contributed by atoms with van der Waals surface area (Å²) < 4.78 is 8.26. The summed E-state index contributed by atoms with van der Waals surface area (Å²) in [6.45, 7) is 8.00. The molecule has 1 amide bonds. The molecule has 1 aliphatic rings. The normalized spacial score (nSPS) is 16.9. The molecule has 1 atom stereocenters. The van der Waals surface area contributed by atoms with Gasteiger partial charge in [0, 0.05) is 32.7 Å². The summed E-state index contributed by atoms with van der Waals surface area (Å²) in [5.41, 5.74) is 0.255. The van der Waals surface area contributed by atoms with Gasteiger partial charge >= 0.3 is 0 Å². The number of aromatic nitrogens is 4. The van der Waals surface area contributed by atoms with E-state index < -0.39 is 0 Å². The maximum Gasteiger partial charge on any atom is 0.264 e. The summed E-state index contributed by atoms with van der Waals surface area (Å²) in [7, 11) is 1.73. The molecule has 1 fully saturated rings. The Morgan fingerprint density at radius 1 is 1.35 bits per heavy atom. The fourth-order valence-corrected chi connectivity index (χ4v) is 3.30. The van der Waals surface area contributed by atoms with Gasteiger partial charge in [0.2, 0.25) is 5.91 Å². The molecule has 0 aliphatic carbocycles. The molecule has 0 aromatic carbocycles. The van der Waals surface area contributed by atoms with Gasteiger partial charge in [-0.1, -0.05) is 13.8 Å². The van der Waals surface area contributed by atoms with Crippen LogP contribution in [-0.4, -0.2) is 69.0 Å². The van der Waals surface area contributed by atoms with E-state index >= 15 is 0 Å². The largest absolute Gasteiger partial charge is 0.379 e. The number of morpholine rings is 1. The third-order valence-electron chi connectivity index (χ3n) is 4.82. The molecule has 1 N–H and O–H groups in total. The van der Waals surface area contributed by atoms with Crippen molar-refractivity contribution in [3.05, 3.63) is 22.9 Å². The van der Waals surface area contributed by atoms with Gasteiger partial charge in [0.1, 0.15) is 18.3 Å². The first-order valence-corrected chi connectivity index (χ1v) is 8.93. The Hall–Kier alpha value is -2.26. The molecular formula is C17H26N6O3. The minimum absolute atomic E-state index is 0.0510. The van der Waals surface area contributed by atoms with Gasteiger partial charge in [0.15, 0.2) is 5.65 Å². The number of ether oxygens (including phenoxy) is 1. The van der Waals surface area contributed by atoms with E-state index in [1.165, 1.54) is 21.8 Å². The Labute approximate surface area is 151 Å². The third-order valence-corrected chi connectivity index (χ3v) is 4.82. The molecular weight excluding hydrogens is 336 g/mol. The van der Waals surface area contributed by atoms with Crippen molar-refractivity contribution in [1.29, 1.82) is 0 Å². The maximum atomic E-state index is 12.4. The molecule has 9 nitrogen and oxygen atoms in total. The zero-order valence-electron chi connectivity index (χ0n) is 15.5. The smallest absolute Gasteiger partial charge is 0.264 e. The molecule has 1 saturated heterocycles. The zero-order chi connectivity index (χ0) is 18.7. The van der Waals surface area contributed by atoms with Crippen molar-refractivity contribution in [3.8, 4) is 0 Å².